The van der Waals surface area contributed by atoms with Gasteiger partial charge in [-0.15, -0.1) is 0 Å². The molecular weight excluding hydrogens is 210 g/mol. The molecule has 0 bridgehead atoms. The molecule has 4 nitrogen and oxygen atoms in total. The van der Waals surface area contributed by atoms with Crippen molar-refractivity contribution in [1.82, 2.24) is 5.01 Å². The first-order valence-corrected chi connectivity index (χ1v) is 4.87. The van der Waals surface area contributed by atoms with Gasteiger partial charge < -0.3 is 15.9 Å². The van der Waals surface area contributed by atoms with Crippen LogP contribution in [0.15, 0.2) is 18.2 Å². The van der Waals surface area contributed by atoms with Crippen molar-refractivity contribution in [2.45, 2.75) is 0 Å². The lowest BCUT2D eigenvalue weighted by Gasteiger charge is -2.17. The van der Waals surface area contributed by atoms with Gasteiger partial charge in [0.05, 0.1) is 12.8 Å². The van der Waals surface area contributed by atoms with Gasteiger partial charge in [-0.1, -0.05) is 12.2 Å². The van der Waals surface area contributed by atoms with Crippen LogP contribution in [0.25, 0.3) is 0 Å². The van der Waals surface area contributed by atoms with Crippen molar-refractivity contribution >= 4 is 22.9 Å². The zero-order valence-electron chi connectivity index (χ0n) is 9.07. The Morgan fingerprint density at radius 1 is 1.47 bits per heavy atom. The molecule has 0 spiro atoms. The van der Waals surface area contributed by atoms with Gasteiger partial charge in [0, 0.05) is 25.7 Å². The van der Waals surface area contributed by atoms with Crippen LogP contribution in [-0.4, -0.2) is 31.2 Å². The largest absolute Gasteiger partial charge is 0.497 e. The second-order valence-electron chi connectivity index (χ2n) is 3.28. The van der Waals surface area contributed by atoms with Crippen molar-refractivity contribution in [3.63, 3.8) is 0 Å². The fraction of sp³-hybridized carbons (Fsp3) is 0.300. The van der Waals surface area contributed by atoms with Crippen LogP contribution in [0.4, 0.5) is 5.69 Å². The fourth-order valence-electron chi connectivity index (χ4n) is 1.20. The summed E-state index contributed by atoms with van der Waals surface area (Å²) in [4.78, 5) is 0.363. The van der Waals surface area contributed by atoms with Crippen LogP contribution < -0.4 is 15.9 Å². The molecule has 1 aromatic rings. The van der Waals surface area contributed by atoms with Crippen LogP contribution in [0.5, 0.6) is 5.75 Å². The lowest BCUT2D eigenvalue weighted by Crippen LogP contribution is -2.22. The Balaban J connectivity index is 3.10. The molecule has 0 unspecified atom stereocenters. The third-order valence-electron chi connectivity index (χ3n) is 1.84. The number of anilines is 1. The maximum atomic E-state index is 5.61. The van der Waals surface area contributed by atoms with E-state index in [9.17, 15) is 0 Å². The highest BCUT2D eigenvalue weighted by atomic mass is 32.1. The molecule has 0 heterocycles. The number of nitrogens with zero attached hydrogens (tertiary/aromatic N) is 1. The summed E-state index contributed by atoms with van der Waals surface area (Å²) in [5.41, 5.74) is 10.4. The van der Waals surface area contributed by atoms with Gasteiger partial charge in [-0.05, 0) is 12.1 Å². The van der Waals surface area contributed by atoms with E-state index in [1.807, 2.05) is 37.3 Å². The second kappa shape index (κ2) is 4.95. The predicted octanol–water partition coefficient (Wildman–Crippen LogP) is 1.22. The van der Waals surface area contributed by atoms with Crippen molar-refractivity contribution in [1.29, 1.82) is 0 Å². The number of rotatable bonds is 4. The van der Waals surface area contributed by atoms with E-state index in [1.54, 1.807) is 7.11 Å². The molecule has 1 rings (SSSR count). The molecule has 0 aliphatic heterocycles. The summed E-state index contributed by atoms with van der Waals surface area (Å²) in [5, 5.41) is 1.82. The zero-order chi connectivity index (χ0) is 11.4. The molecule has 0 atom stereocenters. The van der Waals surface area contributed by atoms with E-state index in [0.29, 0.717) is 4.99 Å². The quantitative estimate of drug-likeness (QED) is 0.596. The minimum atomic E-state index is 0.363. The third-order valence-corrected chi connectivity index (χ3v) is 2.06. The summed E-state index contributed by atoms with van der Waals surface area (Å²) in [6.07, 6.45) is 0. The number of hydrogen-bond donors (Lipinski definition) is 2. The molecule has 0 aliphatic rings. The summed E-state index contributed by atoms with van der Waals surface area (Å²) in [6.45, 7) is 0. The smallest absolute Gasteiger partial charge is 0.121 e. The van der Waals surface area contributed by atoms with Gasteiger partial charge in [-0.25, -0.2) is 5.01 Å². The Hall–Kier alpha value is -1.33. The standard InChI is InChI=1S/C10H15N3OS/c1-13(2)12-9-6-7(14-3)4-5-8(9)10(11)15/h4-6,12H,1-3H3,(H2,11,15). The van der Waals surface area contributed by atoms with Crippen molar-refractivity contribution in [3.8, 4) is 5.75 Å². The van der Waals surface area contributed by atoms with E-state index in [4.69, 9.17) is 22.7 Å². The first kappa shape index (κ1) is 11.7. The molecule has 15 heavy (non-hydrogen) atoms. The number of hydrogen-bond acceptors (Lipinski definition) is 4. The molecule has 0 aliphatic carbocycles. The van der Waals surface area contributed by atoms with Gasteiger partial charge >= 0.3 is 0 Å². The highest BCUT2D eigenvalue weighted by Crippen LogP contribution is 2.22. The van der Waals surface area contributed by atoms with Crippen LogP contribution >= 0.6 is 12.2 Å². The number of thiocarbonyl (C=S) groups is 1. The van der Waals surface area contributed by atoms with E-state index in [1.165, 1.54) is 0 Å². The number of nitrogens with two attached hydrogens (primary N) is 1. The first-order valence-electron chi connectivity index (χ1n) is 4.46. The minimum absolute atomic E-state index is 0.363. The summed E-state index contributed by atoms with van der Waals surface area (Å²) in [5.74, 6) is 0.763. The van der Waals surface area contributed by atoms with Gasteiger partial charge in [0.2, 0.25) is 0 Å². The molecule has 0 fully saturated rings. The summed E-state index contributed by atoms with van der Waals surface area (Å²) >= 11 is 4.96. The van der Waals surface area contributed by atoms with Crippen LogP contribution in [0.3, 0.4) is 0 Å². The number of benzene rings is 1. The van der Waals surface area contributed by atoms with Gasteiger partial charge in [-0.2, -0.15) is 0 Å². The Kier molecular flexibility index (Phi) is 3.88. The fourth-order valence-corrected chi connectivity index (χ4v) is 1.38. The van der Waals surface area contributed by atoms with E-state index >= 15 is 0 Å². The van der Waals surface area contributed by atoms with Gasteiger partial charge in [0.1, 0.15) is 10.7 Å². The molecule has 3 N–H and O–H groups in total. The van der Waals surface area contributed by atoms with E-state index < -0.39 is 0 Å². The number of ether oxygens (including phenoxy) is 1. The zero-order valence-corrected chi connectivity index (χ0v) is 9.89. The summed E-state index contributed by atoms with van der Waals surface area (Å²) < 4.78 is 5.13. The maximum absolute atomic E-state index is 5.61. The molecule has 0 saturated heterocycles. The summed E-state index contributed by atoms with van der Waals surface area (Å²) in [6, 6.07) is 5.52. The molecule has 0 radical (unpaired) electrons. The molecule has 5 heteroatoms. The molecule has 0 aromatic heterocycles. The van der Waals surface area contributed by atoms with Crippen LogP contribution in [0.1, 0.15) is 5.56 Å². The highest BCUT2D eigenvalue weighted by Gasteiger charge is 2.07. The van der Waals surface area contributed by atoms with Gasteiger partial charge in [-0.3, -0.25) is 0 Å². The molecule has 0 amide bonds. The average Bonchev–Trinajstić information content (AvgIpc) is 2.16. The van der Waals surface area contributed by atoms with E-state index in [0.717, 1.165) is 17.0 Å². The Bertz CT molecular complexity index is 366. The number of methoxy groups -OCH3 is 1. The molecular formula is C10H15N3OS. The maximum Gasteiger partial charge on any atom is 0.121 e. The van der Waals surface area contributed by atoms with Crippen molar-refractivity contribution in [3.05, 3.63) is 23.8 Å². The highest BCUT2D eigenvalue weighted by molar-refractivity contribution is 7.80. The second-order valence-corrected chi connectivity index (χ2v) is 3.72. The summed E-state index contributed by atoms with van der Waals surface area (Å²) in [7, 11) is 5.40. The van der Waals surface area contributed by atoms with Crippen LogP contribution in [0, 0.1) is 0 Å². The van der Waals surface area contributed by atoms with Crippen molar-refractivity contribution < 1.29 is 4.74 Å². The Morgan fingerprint density at radius 2 is 2.13 bits per heavy atom. The van der Waals surface area contributed by atoms with E-state index in [2.05, 4.69) is 5.43 Å². The number of nitrogens with one attached hydrogen (secondary N) is 1. The number of hydrazine groups is 1. The minimum Gasteiger partial charge on any atom is -0.497 e. The first-order chi connectivity index (χ1) is 7.04. The Labute approximate surface area is 95.0 Å². The lowest BCUT2D eigenvalue weighted by molar-refractivity contribution is 0.414. The lowest BCUT2D eigenvalue weighted by atomic mass is 10.1. The molecule has 1 aromatic carbocycles. The predicted molar refractivity (Wildman–Crippen MR) is 66.2 cm³/mol. The van der Waals surface area contributed by atoms with Gasteiger partial charge in [0.15, 0.2) is 0 Å². The SMILES string of the molecule is COc1ccc(C(N)=S)c(NN(C)C)c1. The molecule has 82 valence electrons. The topological polar surface area (TPSA) is 50.5 Å². The van der Waals surface area contributed by atoms with Gasteiger partial charge in [0.25, 0.3) is 0 Å². The monoisotopic (exact) mass is 225 g/mol. The van der Waals surface area contributed by atoms with Crippen molar-refractivity contribution in [2.24, 2.45) is 5.73 Å². The van der Waals surface area contributed by atoms with Crippen molar-refractivity contribution in [2.75, 3.05) is 26.6 Å². The average molecular weight is 225 g/mol. The van der Waals surface area contributed by atoms with Crippen LogP contribution in [-0.2, 0) is 0 Å². The molecule has 0 saturated carbocycles. The van der Waals surface area contributed by atoms with E-state index in [-0.39, 0.29) is 0 Å². The normalized spacial score (nSPS) is 10.1. The van der Waals surface area contributed by atoms with Crippen LogP contribution in [0.2, 0.25) is 0 Å². The Morgan fingerprint density at radius 3 is 2.60 bits per heavy atom. The third kappa shape index (κ3) is 3.07.